The third-order valence-corrected chi connectivity index (χ3v) is 4.39. The molecule has 146 valence electrons. The van der Waals surface area contributed by atoms with Crippen LogP contribution < -0.4 is 11.1 Å². The Balaban J connectivity index is 0.000000166. The molecule has 0 unspecified atom stereocenters. The van der Waals surface area contributed by atoms with Crippen molar-refractivity contribution in [2.75, 3.05) is 0 Å². The predicted octanol–water partition coefficient (Wildman–Crippen LogP) is 4.43. The molecule has 0 N–H and O–H groups in total. The fraction of sp³-hybridized carbons (Fsp3) is 0.0833. The second-order valence-corrected chi connectivity index (χ2v) is 6.59. The van der Waals surface area contributed by atoms with Crippen molar-refractivity contribution < 1.29 is 4.39 Å². The molecule has 2 aromatic carbocycles. The van der Waals surface area contributed by atoms with Crippen LogP contribution in [0.15, 0.2) is 101 Å². The minimum atomic E-state index is -0.303. The molecular weight excluding hydrogens is 367 g/mol. The summed E-state index contributed by atoms with van der Waals surface area (Å²) in [5.41, 5.74) is 3.04. The molecule has 4 rings (SSSR count). The third kappa shape index (κ3) is 4.96. The number of aryl methyl sites for hydroxylation is 2. The Labute approximate surface area is 168 Å². The number of rotatable bonds is 2. The number of pyridine rings is 2. The lowest BCUT2D eigenvalue weighted by Gasteiger charge is -2.05. The molecule has 0 saturated heterocycles. The Kier molecular flexibility index (Phi) is 6.19. The van der Waals surface area contributed by atoms with Gasteiger partial charge in [-0.25, -0.2) is 4.39 Å². The van der Waals surface area contributed by atoms with Crippen LogP contribution in [0.4, 0.5) is 4.39 Å². The molecule has 0 atom stereocenters. The zero-order chi connectivity index (χ0) is 20.8. The van der Waals surface area contributed by atoms with Gasteiger partial charge in [0.15, 0.2) is 0 Å². The van der Waals surface area contributed by atoms with E-state index < -0.39 is 0 Å². The van der Waals surface area contributed by atoms with E-state index in [1.165, 1.54) is 22.3 Å². The normalized spacial score (nSPS) is 10.2. The van der Waals surface area contributed by atoms with Crippen molar-refractivity contribution in [1.82, 2.24) is 9.13 Å². The van der Waals surface area contributed by atoms with E-state index in [-0.39, 0.29) is 16.9 Å². The third-order valence-electron chi connectivity index (χ3n) is 4.39. The van der Waals surface area contributed by atoms with Crippen LogP contribution in [0.3, 0.4) is 0 Å². The first kappa shape index (κ1) is 20.0. The average Bonchev–Trinajstić information content (AvgIpc) is 2.72. The van der Waals surface area contributed by atoms with Crippen molar-refractivity contribution in [3.63, 3.8) is 0 Å². The topological polar surface area (TPSA) is 44.0 Å². The number of hydrogen-bond acceptors (Lipinski definition) is 2. The molecule has 5 heteroatoms. The van der Waals surface area contributed by atoms with Gasteiger partial charge in [-0.1, -0.05) is 35.9 Å². The first-order chi connectivity index (χ1) is 14.0. The fourth-order valence-electron chi connectivity index (χ4n) is 2.72. The van der Waals surface area contributed by atoms with Gasteiger partial charge in [0.1, 0.15) is 5.82 Å². The molecule has 0 aliphatic heterocycles. The highest BCUT2D eigenvalue weighted by atomic mass is 19.1. The molecule has 4 nitrogen and oxygen atoms in total. The van der Waals surface area contributed by atoms with Crippen LogP contribution in [0.2, 0.25) is 0 Å². The molecule has 4 aromatic rings. The summed E-state index contributed by atoms with van der Waals surface area (Å²) in [6, 6.07) is 22.6. The molecule has 29 heavy (non-hydrogen) atoms. The van der Waals surface area contributed by atoms with Gasteiger partial charge in [0.05, 0.1) is 5.69 Å². The molecule has 0 aliphatic carbocycles. The fourth-order valence-corrected chi connectivity index (χ4v) is 2.72. The highest BCUT2D eigenvalue weighted by Gasteiger charge is 2.02. The number of benzene rings is 2. The first-order valence-electron chi connectivity index (χ1n) is 9.14. The van der Waals surface area contributed by atoms with Crippen molar-refractivity contribution in [2.24, 2.45) is 0 Å². The Morgan fingerprint density at radius 3 is 1.69 bits per heavy atom. The van der Waals surface area contributed by atoms with Gasteiger partial charge < -0.3 is 0 Å². The van der Waals surface area contributed by atoms with Crippen LogP contribution in [-0.2, 0) is 0 Å². The number of nitrogens with zero attached hydrogens (tertiary/aromatic N) is 2. The van der Waals surface area contributed by atoms with Crippen molar-refractivity contribution in [2.45, 2.75) is 13.8 Å². The average molecular weight is 388 g/mol. The van der Waals surface area contributed by atoms with Gasteiger partial charge >= 0.3 is 0 Å². The SMILES string of the molecule is Cc1ccc(-n2ccccc2=O)cc1.Cc1ccc(-n2ccccc2=O)cc1F. The van der Waals surface area contributed by atoms with E-state index in [0.717, 1.165) is 5.69 Å². The van der Waals surface area contributed by atoms with E-state index in [1.807, 2.05) is 37.3 Å². The summed E-state index contributed by atoms with van der Waals surface area (Å²) in [4.78, 5) is 22.9. The molecule has 0 spiro atoms. The van der Waals surface area contributed by atoms with E-state index in [0.29, 0.717) is 11.3 Å². The van der Waals surface area contributed by atoms with Crippen LogP contribution in [0, 0.1) is 19.7 Å². The molecular formula is C24H21FN2O2. The molecule has 0 bridgehead atoms. The van der Waals surface area contributed by atoms with Crippen LogP contribution >= 0.6 is 0 Å². The molecule has 0 amide bonds. The molecule has 0 aliphatic rings. The summed E-state index contributed by atoms with van der Waals surface area (Å²) in [5, 5.41) is 0. The summed E-state index contributed by atoms with van der Waals surface area (Å²) < 4.78 is 16.3. The van der Waals surface area contributed by atoms with E-state index in [9.17, 15) is 14.0 Å². The summed E-state index contributed by atoms with van der Waals surface area (Å²) in [7, 11) is 0. The summed E-state index contributed by atoms with van der Waals surface area (Å²) in [6.07, 6.45) is 3.39. The molecule has 0 saturated carbocycles. The number of hydrogen-bond donors (Lipinski definition) is 0. The Morgan fingerprint density at radius 1 is 0.655 bits per heavy atom. The lowest BCUT2D eigenvalue weighted by Crippen LogP contribution is -2.15. The summed E-state index contributed by atoms with van der Waals surface area (Å²) >= 11 is 0. The van der Waals surface area contributed by atoms with Gasteiger partial charge in [-0.05, 0) is 55.8 Å². The molecule has 0 radical (unpaired) electrons. The van der Waals surface area contributed by atoms with Crippen LogP contribution in [-0.4, -0.2) is 9.13 Å². The maximum Gasteiger partial charge on any atom is 0.255 e. The highest BCUT2D eigenvalue weighted by molar-refractivity contribution is 5.36. The second kappa shape index (κ2) is 8.97. The van der Waals surface area contributed by atoms with Gasteiger partial charge in [0, 0.05) is 30.2 Å². The lowest BCUT2D eigenvalue weighted by molar-refractivity contribution is 0.617. The Morgan fingerprint density at radius 2 is 1.17 bits per heavy atom. The maximum atomic E-state index is 13.3. The number of aromatic nitrogens is 2. The lowest BCUT2D eigenvalue weighted by atomic mass is 10.2. The largest absolute Gasteiger partial charge is 0.284 e. The van der Waals surface area contributed by atoms with E-state index in [2.05, 4.69) is 0 Å². The highest BCUT2D eigenvalue weighted by Crippen LogP contribution is 2.11. The van der Waals surface area contributed by atoms with Crippen LogP contribution in [0.25, 0.3) is 11.4 Å². The predicted molar refractivity (Wildman–Crippen MR) is 114 cm³/mol. The monoisotopic (exact) mass is 388 g/mol. The molecule has 0 fully saturated rings. The standard InChI is InChI=1S/C12H10FNO.C12H11NO/c1-9-5-6-10(8-11(9)13)14-7-3-2-4-12(14)15;1-10-5-7-11(8-6-10)13-9-3-2-4-12(13)14/h2-8H,1H3;2-9H,1H3. The van der Waals surface area contributed by atoms with Gasteiger partial charge in [0.25, 0.3) is 11.1 Å². The smallest absolute Gasteiger partial charge is 0.255 e. The summed E-state index contributed by atoms with van der Waals surface area (Å²) in [6.45, 7) is 3.71. The minimum Gasteiger partial charge on any atom is -0.284 e. The molecule has 2 heterocycles. The van der Waals surface area contributed by atoms with Crippen molar-refractivity contribution >= 4 is 0 Å². The van der Waals surface area contributed by atoms with E-state index in [4.69, 9.17) is 0 Å². The van der Waals surface area contributed by atoms with E-state index >= 15 is 0 Å². The maximum absolute atomic E-state index is 13.3. The zero-order valence-electron chi connectivity index (χ0n) is 16.2. The van der Waals surface area contributed by atoms with Crippen molar-refractivity contribution in [3.8, 4) is 11.4 Å². The van der Waals surface area contributed by atoms with Crippen LogP contribution in [0.5, 0.6) is 0 Å². The van der Waals surface area contributed by atoms with Crippen LogP contribution in [0.1, 0.15) is 11.1 Å². The van der Waals surface area contributed by atoms with Crippen molar-refractivity contribution in [1.29, 1.82) is 0 Å². The van der Waals surface area contributed by atoms with Gasteiger partial charge in [-0.2, -0.15) is 0 Å². The minimum absolute atomic E-state index is 0.00338. The zero-order valence-corrected chi connectivity index (χ0v) is 16.2. The second-order valence-electron chi connectivity index (χ2n) is 6.59. The van der Waals surface area contributed by atoms with Gasteiger partial charge in [-0.15, -0.1) is 0 Å². The first-order valence-corrected chi connectivity index (χ1v) is 9.14. The molecule has 2 aromatic heterocycles. The Hall–Kier alpha value is -3.73. The van der Waals surface area contributed by atoms with Gasteiger partial charge in [-0.3, -0.25) is 18.7 Å². The summed E-state index contributed by atoms with van der Waals surface area (Å²) in [5.74, 6) is -0.303. The van der Waals surface area contributed by atoms with E-state index in [1.54, 1.807) is 60.3 Å². The quantitative estimate of drug-likeness (QED) is 0.510. The van der Waals surface area contributed by atoms with Gasteiger partial charge in [0.2, 0.25) is 0 Å². The Bertz CT molecular complexity index is 1220. The number of halogens is 1. The van der Waals surface area contributed by atoms with Crippen molar-refractivity contribution in [3.05, 3.63) is 129 Å².